The summed E-state index contributed by atoms with van der Waals surface area (Å²) in [7, 11) is 0. The highest BCUT2D eigenvalue weighted by molar-refractivity contribution is 5.66. The SMILES string of the molecule is CCc1cccc(CC)c1-c1nc(C)c(COc2cc(C(C)C)ccc2C)c(OCCC2CCCCN2)n1. The summed E-state index contributed by atoms with van der Waals surface area (Å²) in [6.07, 6.45) is 6.61. The average Bonchev–Trinajstić information content (AvgIpc) is 2.93. The van der Waals surface area contributed by atoms with Gasteiger partial charge in [0.25, 0.3) is 0 Å². The molecule has 3 aromatic rings. The molecule has 1 unspecified atom stereocenters. The van der Waals surface area contributed by atoms with E-state index in [1.54, 1.807) is 0 Å². The fourth-order valence-electron chi connectivity index (χ4n) is 5.25. The number of hydrogen-bond donors (Lipinski definition) is 1. The Hall–Kier alpha value is -2.92. The van der Waals surface area contributed by atoms with E-state index in [1.165, 1.54) is 36.0 Å². The van der Waals surface area contributed by atoms with Crippen LogP contribution in [0.5, 0.6) is 11.6 Å². The Morgan fingerprint density at radius 3 is 2.39 bits per heavy atom. The number of benzene rings is 2. The van der Waals surface area contributed by atoms with E-state index in [4.69, 9.17) is 19.4 Å². The van der Waals surface area contributed by atoms with E-state index in [9.17, 15) is 0 Å². The molecule has 2 aromatic carbocycles. The van der Waals surface area contributed by atoms with Crippen molar-refractivity contribution in [2.24, 2.45) is 0 Å². The Kier molecular flexibility index (Phi) is 9.79. The second-order valence-electron chi connectivity index (χ2n) is 10.8. The molecule has 1 fully saturated rings. The van der Waals surface area contributed by atoms with E-state index in [2.05, 4.69) is 83.3 Å². The zero-order chi connectivity index (χ0) is 27.1. The molecular weight excluding hydrogens is 470 g/mol. The van der Waals surface area contributed by atoms with E-state index in [1.807, 2.05) is 0 Å². The van der Waals surface area contributed by atoms with E-state index in [-0.39, 0.29) is 0 Å². The number of aromatic nitrogens is 2. The van der Waals surface area contributed by atoms with Gasteiger partial charge >= 0.3 is 0 Å². The molecule has 1 aliphatic heterocycles. The van der Waals surface area contributed by atoms with Crippen molar-refractivity contribution in [2.45, 2.75) is 98.6 Å². The summed E-state index contributed by atoms with van der Waals surface area (Å²) >= 11 is 0. The number of hydrogen-bond acceptors (Lipinski definition) is 5. The summed E-state index contributed by atoms with van der Waals surface area (Å²) < 4.78 is 12.8. The van der Waals surface area contributed by atoms with Crippen LogP contribution in [-0.4, -0.2) is 29.2 Å². The molecule has 1 atom stereocenters. The lowest BCUT2D eigenvalue weighted by atomic mass is 9.96. The van der Waals surface area contributed by atoms with Crippen LogP contribution in [0.4, 0.5) is 0 Å². The van der Waals surface area contributed by atoms with Crippen molar-refractivity contribution in [3.63, 3.8) is 0 Å². The maximum absolute atomic E-state index is 6.44. The predicted octanol–water partition coefficient (Wildman–Crippen LogP) is 7.50. The Bertz CT molecular complexity index is 1190. The molecule has 1 N–H and O–H groups in total. The van der Waals surface area contributed by atoms with E-state index >= 15 is 0 Å². The third-order valence-electron chi connectivity index (χ3n) is 7.77. The molecule has 0 bridgehead atoms. The molecule has 2 heterocycles. The van der Waals surface area contributed by atoms with E-state index < -0.39 is 0 Å². The molecule has 0 saturated carbocycles. The lowest BCUT2D eigenvalue weighted by Crippen LogP contribution is -2.35. The Labute approximate surface area is 229 Å². The number of nitrogens with one attached hydrogen (secondary N) is 1. The third kappa shape index (κ3) is 6.74. The predicted molar refractivity (Wildman–Crippen MR) is 156 cm³/mol. The Morgan fingerprint density at radius 1 is 0.974 bits per heavy atom. The second-order valence-corrected chi connectivity index (χ2v) is 10.8. The molecule has 204 valence electrons. The average molecular weight is 516 g/mol. The first kappa shape index (κ1) is 28.1. The molecule has 0 spiro atoms. The third-order valence-corrected chi connectivity index (χ3v) is 7.77. The van der Waals surface area contributed by atoms with Gasteiger partial charge in [-0.3, -0.25) is 0 Å². The maximum atomic E-state index is 6.44. The summed E-state index contributed by atoms with van der Waals surface area (Å²) in [5, 5.41) is 3.63. The molecule has 1 aliphatic rings. The largest absolute Gasteiger partial charge is 0.488 e. The van der Waals surface area contributed by atoms with Crippen molar-refractivity contribution in [2.75, 3.05) is 13.2 Å². The van der Waals surface area contributed by atoms with Gasteiger partial charge in [-0.05, 0) is 86.7 Å². The monoisotopic (exact) mass is 515 g/mol. The van der Waals surface area contributed by atoms with Crippen LogP contribution in [0.25, 0.3) is 11.4 Å². The minimum Gasteiger partial charge on any atom is -0.488 e. The second kappa shape index (κ2) is 13.2. The number of aryl methyl sites for hydroxylation is 4. The van der Waals surface area contributed by atoms with Gasteiger partial charge in [0.05, 0.1) is 17.9 Å². The number of rotatable bonds is 11. The molecule has 0 radical (unpaired) electrons. The summed E-state index contributed by atoms with van der Waals surface area (Å²) in [4.78, 5) is 10.1. The van der Waals surface area contributed by atoms with Crippen molar-refractivity contribution >= 4 is 0 Å². The van der Waals surface area contributed by atoms with Crippen molar-refractivity contribution in [3.8, 4) is 23.0 Å². The zero-order valence-electron chi connectivity index (χ0n) is 24.2. The first-order chi connectivity index (χ1) is 18.4. The molecule has 0 aliphatic carbocycles. The first-order valence-electron chi connectivity index (χ1n) is 14.5. The highest BCUT2D eigenvalue weighted by atomic mass is 16.5. The summed E-state index contributed by atoms with van der Waals surface area (Å²) in [6.45, 7) is 15.0. The van der Waals surface area contributed by atoms with Crippen LogP contribution < -0.4 is 14.8 Å². The van der Waals surface area contributed by atoms with Crippen molar-refractivity contribution in [1.29, 1.82) is 0 Å². The van der Waals surface area contributed by atoms with Crippen LogP contribution in [0.3, 0.4) is 0 Å². The molecule has 5 heteroatoms. The van der Waals surface area contributed by atoms with Crippen LogP contribution in [0.1, 0.15) is 92.8 Å². The smallest absolute Gasteiger partial charge is 0.223 e. The van der Waals surface area contributed by atoms with Gasteiger partial charge < -0.3 is 14.8 Å². The normalized spacial score (nSPS) is 15.6. The number of nitrogens with zero attached hydrogens (tertiary/aromatic N) is 2. The standard InChI is InChI=1S/C33H45N3O2/c1-7-25-12-11-13-26(8-2)31(25)32-35-24(6)29(21-38-30-20-27(22(3)4)16-15-23(30)5)33(36-32)37-19-17-28-14-9-10-18-34-28/h11-13,15-16,20,22,28,34H,7-10,14,17-19,21H2,1-6H3. The quantitative estimate of drug-likeness (QED) is 0.287. The van der Waals surface area contributed by atoms with Gasteiger partial charge in [-0.2, -0.15) is 4.98 Å². The van der Waals surface area contributed by atoms with Crippen molar-refractivity contribution in [3.05, 3.63) is 69.9 Å². The van der Waals surface area contributed by atoms with Gasteiger partial charge in [0.15, 0.2) is 5.82 Å². The van der Waals surface area contributed by atoms with Crippen LogP contribution in [0.2, 0.25) is 0 Å². The van der Waals surface area contributed by atoms with Crippen LogP contribution in [0, 0.1) is 13.8 Å². The highest BCUT2D eigenvalue weighted by Crippen LogP contribution is 2.32. The number of ether oxygens (including phenoxy) is 2. The Balaban J connectivity index is 1.66. The minimum absolute atomic E-state index is 0.377. The Morgan fingerprint density at radius 2 is 1.74 bits per heavy atom. The summed E-state index contributed by atoms with van der Waals surface area (Å²) in [5.74, 6) is 2.75. The van der Waals surface area contributed by atoms with E-state index in [0.717, 1.165) is 59.8 Å². The summed E-state index contributed by atoms with van der Waals surface area (Å²) in [6, 6.07) is 13.5. The molecule has 1 aromatic heterocycles. The van der Waals surface area contributed by atoms with Crippen LogP contribution in [0.15, 0.2) is 36.4 Å². The lowest BCUT2D eigenvalue weighted by molar-refractivity contribution is 0.246. The lowest BCUT2D eigenvalue weighted by Gasteiger charge is -2.23. The van der Waals surface area contributed by atoms with Crippen molar-refractivity contribution < 1.29 is 9.47 Å². The van der Waals surface area contributed by atoms with Gasteiger partial charge in [0.1, 0.15) is 12.4 Å². The highest BCUT2D eigenvalue weighted by Gasteiger charge is 2.20. The molecule has 38 heavy (non-hydrogen) atoms. The molecule has 4 rings (SSSR count). The van der Waals surface area contributed by atoms with Gasteiger partial charge in [0.2, 0.25) is 5.88 Å². The van der Waals surface area contributed by atoms with Crippen LogP contribution in [-0.2, 0) is 19.4 Å². The maximum Gasteiger partial charge on any atom is 0.223 e. The number of piperidine rings is 1. The fraction of sp³-hybridized carbons (Fsp3) is 0.515. The molecular formula is C33H45N3O2. The van der Waals surface area contributed by atoms with Gasteiger partial charge in [-0.25, -0.2) is 4.98 Å². The molecule has 5 nitrogen and oxygen atoms in total. The topological polar surface area (TPSA) is 56.3 Å². The summed E-state index contributed by atoms with van der Waals surface area (Å²) in [5.41, 5.74) is 7.91. The van der Waals surface area contributed by atoms with E-state index in [0.29, 0.717) is 31.1 Å². The van der Waals surface area contributed by atoms with Gasteiger partial charge in [-0.1, -0.05) is 64.4 Å². The first-order valence-corrected chi connectivity index (χ1v) is 14.5. The molecule has 0 amide bonds. The van der Waals surface area contributed by atoms with Gasteiger partial charge in [0, 0.05) is 11.6 Å². The fourth-order valence-corrected chi connectivity index (χ4v) is 5.25. The van der Waals surface area contributed by atoms with Gasteiger partial charge in [-0.15, -0.1) is 0 Å². The minimum atomic E-state index is 0.377. The zero-order valence-corrected chi connectivity index (χ0v) is 24.2. The molecule has 1 saturated heterocycles. The van der Waals surface area contributed by atoms with Crippen LogP contribution >= 0.6 is 0 Å². The van der Waals surface area contributed by atoms with Crippen molar-refractivity contribution in [1.82, 2.24) is 15.3 Å².